The van der Waals surface area contributed by atoms with Crippen LogP contribution >= 0.6 is 0 Å². The lowest BCUT2D eigenvalue weighted by atomic mass is 10.0. The minimum absolute atomic E-state index is 0.459. The van der Waals surface area contributed by atoms with E-state index in [1.54, 1.807) is 0 Å². The number of hydrogen-bond donors (Lipinski definition) is 1. The van der Waals surface area contributed by atoms with Gasteiger partial charge in [-0.05, 0) is 31.4 Å². The molecule has 0 aliphatic heterocycles. The van der Waals surface area contributed by atoms with E-state index in [0.717, 1.165) is 39.7 Å². The van der Waals surface area contributed by atoms with Crippen LogP contribution in [0, 0.1) is 6.92 Å². The van der Waals surface area contributed by atoms with Crippen molar-refractivity contribution in [1.29, 1.82) is 0 Å². The normalized spacial score (nSPS) is 11.5. The van der Waals surface area contributed by atoms with Gasteiger partial charge in [-0.1, -0.05) is 48.5 Å². The van der Waals surface area contributed by atoms with Crippen LogP contribution in [0.3, 0.4) is 0 Å². The number of anilines is 1. The van der Waals surface area contributed by atoms with Crippen LogP contribution in [0.2, 0.25) is 0 Å². The molecule has 0 bridgehead atoms. The topological polar surface area (TPSA) is 66.0 Å². The molecule has 2 heterocycles. The Bertz CT molecular complexity index is 1070. The van der Waals surface area contributed by atoms with Gasteiger partial charge in [0.25, 0.3) is 0 Å². The smallest absolute Gasteiger partial charge is 0.152 e. The summed E-state index contributed by atoms with van der Waals surface area (Å²) >= 11 is 0. The molecule has 5 heteroatoms. The van der Waals surface area contributed by atoms with Crippen LogP contribution in [0.1, 0.15) is 23.9 Å². The number of pyridine rings is 1. The molecule has 0 amide bonds. The first kappa shape index (κ1) is 16.5. The highest BCUT2D eigenvalue weighted by molar-refractivity contribution is 6.07. The van der Waals surface area contributed by atoms with Gasteiger partial charge < -0.3 is 15.0 Å². The molecule has 2 N–H and O–H groups in total. The zero-order valence-corrected chi connectivity index (χ0v) is 15.1. The maximum Gasteiger partial charge on any atom is 0.152 e. The van der Waals surface area contributed by atoms with Crippen LogP contribution in [0.25, 0.3) is 21.9 Å². The molecule has 0 aliphatic carbocycles. The number of aromatic nitrogens is 3. The first-order valence-electron chi connectivity index (χ1n) is 8.84. The fraction of sp³-hybridized carbons (Fsp3) is 0.238. The summed E-state index contributed by atoms with van der Waals surface area (Å²) in [4.78, 5) is 9.32. The Kier molecular flexibility index (Phi) is 4.31. The number of nitrogens with two attached hydrogens (primary N) is 1. The lowest BCUT2D eigenvalue weighted by Crippen LogP contribution is -2.05. The van der Waals surface area contributed by atoms with Crippen molar-refractivity contribution in [1.82, 2.24) is 14.5 Å². The zero-order valence-electron chi connectivity index (χ0n) is 15.1. The van der Waals surface area contributed by atoms with E-state index in [0.29, 0.717) is 19.2 Å². The van der Waals surface area contributed by atoms with E-state index in [9.17, 15) is 0 Å². The summed E-state index contributed by atoms with van der Waals surface area (Å²) < 4.78 is 7.72. The van der Waals surface area contributed by atoms with E-state index in [2.05, 4.69) is 52.0 Å². The van der Waals surface area contributed by atoms with Crippen molar-refractivity contribution in [3.05, 3.63) is 65.5 Å². The minimum Gasteiger partial charge on any atom is -0.382 e. The number of benzene rings is 2. The number of fused-ring (bicyclic) bond motifs is 3. The summed E-state index contributed by atoms with van der Waals surface area (Å²) in [6.07, 6.45) is 0.814. The Hall–Kier alpha value is -2.92. The van der Waals surface area contributed by atoms with Crippen molar-refractivity contribution in [3.63, 3.8) is 0 Å². The molecule has 0 fully saturated rings. The third-order valence-electron chi connectivity index (χ3n) is 4.67. The van der Waals surface area contributed by atoms with Crippen LogP contribution in [-0.4, -0.2) is 21.1 Å². The monoisotopic (exact) mass is 346 g/mol. The Morgan fingerprint density at radius 2 is 1.81 bits per heavy atom. The molecule has 2 aromatic carbocycles. The van der Waals surface area contributed by atoms with Crippen LogP contribution in [0.15, 0.2) is 48.5 Å². The second-order valence-corrected chi connectivity index (χ2v) is 6.38. The van der Waals surface area contributed by atoms with Crippen molar-refractivity contribution in [3.8, 4) is 0 Å². The first-order valence-corrected chi connectivity index (χ1v) is 8.84. The molecular formula is C21H22N4O. The molecular weight excluding hydrogens is 324 g/mol. The Morgan fingerprint density at radius 3 is 2.58 bits per heavy atom. The number of ether oxygens (including phenoxy) is 1. The fourth-order valence-electron chi connectivity index (χ4n) is 3.40. The molecule has 5 nitrogen and oxygen atoms in total. The van der Waals surface area contributed by atoms with E-state index in [1.165, 1.54) is 5.56 Å². The summed E-state index contributed by atoms with van der Waals surface area (Å²) in [7, 11) is 0. The van der Waals surface area contributed by atoms with Gasteiger partial charge in [-0.2, -0.15) is 0 Å². The highest BCUT2D eigenvalue weighted by Gasteiger charge is 2.17. The Balaban J connectivity index is 1.94. The van der Waals surface area contributed by atoms with E-state index in [4.69, 9.17) is 15.5 Å². The van der Waals surface area contributed by atoms with E-state index in [-0.39, 0.29) is 0 Å². The molecule has 0 radical (unpaired) electrons. The number of hydrogen-bond acceptors (Lipinski definition) is 4. The maximum absolute atomic E-state index is 6.27. The predicted molar refractivity (Wildman–Crippen MR) is 105 cm³/mol. The number of rotatable bonds is 5. The average Bonchev–Trinajstić information content (AvgIpc) is 2.99. The molecule has 0 spiro atoms. The summed E-state index contributed by atoms with van der Waals surface area (Å²) in [5.74, 6) is 1.34. The van der Waals surface area contributed by atoms with Gasteiger partial charge in [-0.3, -0.25) is 0 Å². The number of aryl methyl sites for hydroxylation is 1. The summed E-state index contributed by atoms with van der Waals surface area (Å²) in [5.41, 5.74) is 11.3. The molecule has 2 aromatic heterocycles. The molecule has 26 heavy (non-hydrogen) atoms. The standard InChI is InChI=1S/C21H22N4O/c1-3-26-13-25-14(2)23-19-20(25)17-11-7-10-16(18(17)24-21(19)22)12-15-8-5-4-6-9-15/h4-11H,3,12-13H2,1-2H3,(H2,22,24). The zero-order chi connectivity index (χ0) is 18.1. The largest absolute Gasteiger partial charge is 0.382 e. The van der Waals surface area contributed by atoms with Gasteiger partial charge in [0.2, 0.25) is 0 Å². The quantitative estimate of drug-likeness (QED) is 0.592. The molecule has 0 unspecified atom stereocenters. The minimum atomic E-state index is 0.459. The second kappa shape index (κ2) is 6.77. The summed E-state index contributed by atoms with van der Waals surface area (Å²) in [6.45, 7) is 5.07. The summed E-state index contributed by atoms with van der Waals surface area (Å²) in [5, 5.41) is 1.06. The Morgan fingerprint density at radius 1 is 1.00 bits per heavy atom. The number of para-hydroxylation sites is 1. The van der Waals surface area contributed by atoms with Crippen LogP contribution < -0.4 is 5.73 Å². The number of imidazole rings is 1. The molecule has 4 rings (SSSR count). The third kappa shape index (κ3) is 2.80. The van der Waals surface area contributed by atoms with Gasteiger partial charge in [0.15, 0.2) is 5.82 Å². The third-order valence-corrected chi connectivity index (χ3v) is 4.67. The molecule has 4 aromatic rings. The van der Waals surface area contributed by atoms with Gasteiger partial charge in [0.05, 0.1) is 11.0 Å². The van der Waals surface area contributed by atoms with Crippen molar-refractivity contribution in [2.45, 2.75) is 27.0 Å². The van der Waals surface area contributed by atoms with Gasteiger partial charge in [0, 0.05) is 12.0 Å². The first-order chi connectivity index (χ1) is 12.7. The highest BCUT2D eigenvalue weighted by Crippen LogP contribution is 2.31. The van der Waals surface area contributed by atoms with Crippen LogP contribution in [-0.2, 0) is 17.9 Å². The van der Waals surface area contributed by atoms with Gasteiger partial charge in [-0.25, -0.2) is 9.97 Å². The predicted octanol–water partition coefficient (Wildman–Crippen LogP) is 4.06. The molecule has 0 aliphatic rings. The van der Waals surface area contributed by atoms with E-state index in [1.807, 2.05) is 19.9 Å². The average molecular weight is 346 g/mol. The highest BCUT2D eigenvalue weighted by atomic mass is 16.5. The van der Waals surface area contributed by atoms with Crippen LogP contribution in [0.4, 0.5) is 5.82 Å². The SMILES string of the molecule is CCOCn1c(C)nc2c(N)nc3c(Cc4ccccc4)cccc3c21. The maximum atomic E-state index is 6.27. The van der Waals surface area contributed by atoms with Crippen molar-refractivity contribution < 1.29 is 4.74 Å². The fourth-order valence-corrected chi connectivity index (χ4v) is 3.40. The lowest BCUT2D eigenvalue weighted by molar-refractivity contribution is 0.0893. The molecule has 132 valence electrons. The summed E-state index contributed by atoms with van der Waals surface area (Å²) in [6, 6.07) is 16.7. The van der Waals surface area contributed by atoms with E-state index < -0.39 is 0 Å². The van der Waals surface area contributed by atoms with E-state index >= 15 is 0 Å². The second-order valence-electron chi connectivity index (χ2n) is 6.38. The Labute approximate surface area is 152 Å². The van der Waals surface area contributed by atoms with Gasteiger partial charge in [-0.15, -0.1) is 0 Å². The van der Waals surface area contributed by atoms with Crippen molar-refractivity contribution >= 4 is 27.8 Å². The van der Waals surface area contributed by atoms with Gasteiger partial charge in [0.1, 0.15) is 18.1 Å². The lowest BCUT2D eigenvalue weighted by Gasteiger charge is -2.11. The number of nitrogens with zero attached hydrogens (tertiary/aromatic N) is 3. The van der Waals surface area contributed by atoms with Crippen molar-refractivity contribution in [2.75, 3.05) is 12.3 Å². The van der Waals surface area contributed by atoms with Crippen molar-refractivity contribution in [2.24, 2.45) is 0 Å². The van der Waals surface area contributed by atoms with Crippen LogP contribution in [0.5, 0.6) is 0 Å². The molecule has 0 atom stereocenters. The van der Waals surface area contributed by atoms with Gasteiger partial charge >= 0.3 is 0 Å². The molecule has 0 saturated carbocycles. The number of nitrogen functional groups attached to an aromatic ring is 1. The molecule has 0 saturated heterocycles.